The summed E-state index contributed by atoms with van der Waals surface area (Å²) in [6.07, 6.45) is 0.889. The van der Waals surface area contributed by atoms with Gasteiger partial charge in [-0.2, -0.15) is 0 Å². The van der Waals surface area contributed by atoms with Gasteiger partial charge in [0.25, 0.3) is 0 Å². The van der Waals surface area contributed by atoms with Gasteiger partial charge in [-0.25, -0.2) is 0 Å². The molecule has 1 aromatic rings. The Balaban J connectivity index is 1.72. The second-order valence-corrected chi connectivity index (χ2v) is 6.09. The second kappa shape index (κ2) is 5.72. The van der Waals surface area contributed by atoms with Crippen LogP contribution in [0.4, 0.5) is 0 Å². The maximum atomic E-state index is 6.52. The second-order valence-electron chi connectivity index (χ2n) is 6.09. The number of benzene rings is 1. The summed E-state index contributed by atoms with van der Waals surface area (Å²) in [4.78, 5) is 5.10. The fourth-order valence-corrected chi connectivity index (χ4v) is 3.52. The summed E-state index contributed by atoms with van der Waals surface area (Å²) in [6.45, 7) is 7.99. The predicted molar refractivity (Wildman–Crippen MR) is 81.2 cm³/mol. The third-order valence-electron chi connectivity index (χ3n) is 4.71. The molecule has 4 heteroatoms. The minimum Gasteiger partial charge on any atom is -0.496 e. The lowest BCUT2D eigenvalue weighted by Gasteiger charge is -2.49. The Kier molecular flexibility index (Phi) is 3.96. The van der Waals surface area contributed by atoms with Gasteiger partial charge in [0.2, 0.25) is 0 Å². The van der Waals surface area contributed by atoms with Crippen molar-refractivity contribution in [3.8, 4) is 5.75 Å². The first-order chi connectivity index (χ1) is 9.67. The summed E-state index contributed by atoms with van der Waals surface area (Å²) >= 11 is 0. The van der Waals surface area contributed by atoms with Crippen LogP contribution >= 0.6 is 0 Å². The van der Waals surface area contributed by atoms with Crippen molar-refractivity contribution in [2.24, 2.45) is 5.73 Å². The zero-order chi connectivity index (χ0) is 14.1. The number of nitrogens with zero attached hydrogens (tertiary/aromatic N) is 2. The van der Waals surface area contributed by atoms with E-state index in [9.17, 15) is 0 Å². The Labute approximate surface area is 121 Å². The van der Waals surface area contributed by atoms with Gasteiger partial charge in [-0.05, 0) is 25.0 Å². The predicted octanol–water partition coefficient (Wildman–Crippen LogP) is 0.873. The molecule has 3 aliphatic heterocycles. The highest BCUT2D eigenvalue weighted by Gasteiger charge is 2.35. The van der Waals surface area contributed by atoms with Crippen LogP contribution in [-0.4, -0.2) is 61.7 Å². The molecule has 3 saturated heterocycles. The molecule has 0 aromatic heterocycles. The summed E-state index contributed by atoms with van der Waals surface area (Å²) in [7, 11) is 1.73. The minimum absolute atomic E-state index is 0.175. The molecule has 3 fully saturated rings. The molecule has 0 radical (unpaired) electrons. The van der Waals surface area contributed by atoms with Crippen molar-refractivity contribution >= 4 is 0 Å². The van der Waals surface area contributed by atoms with Gasteiger partial charge in [0.15, 0.2) is 0 Å². The summed E-state index contributed by atoms with van der Waals surface area (Å²) in [5, 5.41) is 0. The Hall–Kier alpha value is -1.10. The first-order valence-electron chi connectivity index (χ1n) is 7.53. The van der Waals surface area contributed by atoms with E-state index < -0.39 is 0 Å². The minimum atomic E-state index is 0.175. The average Bonchev–Trinajstić information content (AvgIpc) is 2.48. The average molecular weight is 275 g/mol. The number of ether oxygens (including phenoxy) is 1. The molecule has 3 heterocycles. The number of nitrogens with two attached hydrogens (primary N) is 1. The number of hydrogen-bond acceptors (Lipinski definition) is 4. The first-order valence-corrected chi connectivity index (χ1v) is 7.53. The van der Waals surface area contributed by atoms with Gasteiger partial charge in [0, 0.05) is 44.8 Å². The van der Waals surface area contributed by atoms with Crippen molar-refractivity contribution in [2.75, 3.05) is 39.8 Å². The largest absolute Gasteiger partial charge is 0.496 e. The molecule has 2 unspecified atom stereocenters. The lowest BCUT2D eigenvalue weighted by atomic mass is 9.94. The van der Waals surface area contributed by atoms with E-state index in [1.54, 1.807) is 7.11 Å². The lowest BCUT2D eigenvalue weighted by Crippen LogP contribution is -2.66. The van der Waals surface area contributed by atoms with Gasteiger partial charge < -0.3 is 10.5 Å². The van der Waals surface area contributed by atoms with E-state index in [2.05, 4.69) is 28.9 Å². The lowest BCUT2D eigenvalue weighted by molar-refractivity contribution is 0.00253. The molecule has 4 rings (SSSR count). The van der Waals surface area contributed by atoms with E-state index in [0.717, 1.165) is 18.7 Å². The van der Waals surface area contributed by atoms with E-state index in [4.69, 9.17) is 10.5 Å². The normalized spacial score (nSPS) is 30.2. The highest BCUT2D eigenvalue weighted by Crippen LogP contribution is 2.24. The van der Waals surface area contributed by atoms with E-state index in [0.29, 0.717) is 6.04 Å². The fourth-order valence-electron chi connectivity index (χ4n) is 3.52. The van der Waals surface area contributed by atoms with E-state index in [-0.39, 0.29) is 6.04 Å². The van der Waals surface area contributed by atoms with Crippen molar-refractivity contribution in [2.45, 2.75) is 25.4 Å². The van der Waals surface area contributed by atoms with Crippen LogP contribution in [0.5, 0.6) is 5.75 Å². The molecule has 2 N–H and O–H groups in total. The van der Waals surface area contributed by atoms with Crippen molar-refractivity contribution in [3.63, 3.8) is 0 Å². The number of rotatable bonds is 4. The Morgan fingerprint density at radius 2 is 2.05 bits per heavy atom. The van der Waals surface area contributed by atoms with E-state index in [1.807, 2.05) is 6.07 Å². The van der Waals surface area contributed by atoms with Gasteiger partial charge in [-0.3, -0.25) is 9.80 Å². The monoisotopic (exact) mass is 275 g/mol. The van der Waals surface area contributed by atoms with Gasteiger partial charge in [0.1, 0.15) is 5.75 Å². The van der Waals surface area contributed by atoms with Gasteiger partial charge in [-0.15, -0.1) is 0 Å². The molecular formula is C16H25N3O. The smallest absolute Gasteiger partial charge is 0.122 e. The van der Waals surface area contributed by atoms with Crippen LogP contribution in [0.25, 0.3) is 0 Å². The van der Waals surface area contributed by atoms with Crippen LogP contribution in [0.2, 0.25) is 0 Å². The van der Waals surface area contributed by atoms with Crippen LogP contribution in [0.3, 0.4) is 0 Å². The van der Waals surface area contributed by atoms with Crippen molar-refractivity contribution in [1.29, 1.82) is 0 Å². The van der Waals surface area contributed by atoms with Crippen LogP contribution in [-0.2, 0) is 6.42 Å². The third-order valence-corrected chi connectivity index (χ3v) is 4.71. The number of methoxy groups -OCH3 is 1. The standard InChI is InChI=1S/C16H25N3O/c1-12-3-4-16(20-2)13(9-12)10-14(17)15-11-18-5-7-19(15)8-6-18/h3-4,9,14-15H,5-8,10-11,17H2,1-2H3. The third kappa shape index (κ3) is 2.68. The van der Waals surface area contributed by atoms with Crippen molar-refractivity contribution in [1.82, 2.24) is 9.80 Å². The zero-order valence-electron chi connectivity index (χ0n) is 12.5. The highest BCUT2D eigenvalue weighted by molar-refractivity contribution is 5.37. The van der Waals surface area contributed by atoms with E-state index in [1.165, 1.54) is 37.3 Å². The number of piperazine rings is 3. The summed E-state index contributed by atoms with van der Waals surface area (Å²) in [6, 6.07) is 7.01. The quantitative estimate of drug-likeness (QED) is 0.885. The molecular weight excluding hydrogens is 250 g/mol. The molecule has 0 aliphatic carbocycles. The molecule has 2 bridgehead atoms. The van der Waals surface area contributed by atoms with Gasteiger partial charge in [0.05, 0.1) is 7.11 Å². The van der Waals surface area contributed by atoms with Crippen LogP contribution in [0.15, 0.2) is 18.2 Å². The molecule has 0 spiro atoms. The molecule has 3 aliphatic rings. The maximum Gasteiger partial charge on any atom is 0.122 e. The Morgan fingerprint density at radius 1 is 1.30 bits per heavy atom. The van der Waals surface area contributed by atoms with Crippen LogP contribution in [0.1, 0.15) is 11.1 Å². The number of aryl methyl sites for hydroxylation is 1. The molecule has 0 saturated carbocycles. The van der Waals surface area contributed by atoms with Crippen molar-refractivity contribution < 1.29 is 4.74 Å². The topological polar surface area (TPSA) is 41.7 Å². The van der Waals surface area contributed by atoms with Crippen LogP contribution < -0.4 is 10.5 Å². The van der Waals surface area contributed by atoms with Crippen molar-refractivity contribution in [3.05, 3.63) is 29.3 Å². The summed E-state index contributed by atoms with van der Waals surface area (Å²) < 4.78 is 5.47. The first kappa shape index (κ1) is 13.9. The van der Waals surface area contributed by atoms with Crippen LogP contribution in [0, 0.1) is 6.92 Å². The molecule has 20 heavy (non-hydrogen) atoms. The van der Waals surface area contributed by atoms with Gasteiger partial charge >= 0.3 is 0 Å². The summed E-state index contributed by atoms with van der Waals surface area (Å²) in [5.74, 6) is 0.960. The van der Waals surface area contributed by atoms with Gasteiger partial charge in [-0.1, -0.05) is 17.7 Å². The highest BCUT2D eigenvalue weighted by atomic mass is 16.5. The fraction of sp³-hybridized carbons (Fsp3) is 0.625. The maximum absolute atomic E-state index is 6.52. The molecule has 110 valence electrons. The SMILES string of the molecule is COc1ccc(C)cc1CC(N)C1CN2CCN1CC2. The zero-order valence-corrected chi connectivity index (χ0v) is 12.5. The Bertz CT molecular complexity index is 469. The Morgan fingerprint density at radius 3 is 2.65 bits per heavy atom. The number of fused-ring (bicyclic) bond motifs is 3. The molecule has 4 nitrogen and oxygen atoms in total. The molecule has 2 atom stereocenters. The molecule has 1 aromatic carbocycles. The number of hydrogen-bond donors (Lipinski definition) is 1. The summed E-state index contributed by atoms with van der Waals surface area (Å²) in [5.41, 5.74) is 9.02. The molecule has 0 amide bonds. The van der Waals surface area contributed by atoms with E-state index >= 15 is 0 Å².